The van der Waals surface area contributed by atoms with Gasteiger partial charge in [-0.25, -0.2) is 9.97 Å². The molecule has 3 rings (SSSR count). The Morgan fingerprint density at radius 2 is 1.97 bits per heavy atom. The van der Waals surface area contributed by atoms with Gasteiger partial charge in [-0.05, 0) is 24.3 Å². The number of nitrogens with one attached hydrogen (secondary N) is 3. The van der Waals surface area contributed by atoms with Gasteiger partial charge in [-0.3, -0.25) is 4.79 Å². The van der Waals surface area contributed by atoms with E-state index >= 15 is 0 Å². The van der Waals surface area contributed by atoms with Crippen LogP contribution in [0.3, 0.4) is 0 Å². The van der Waals surface area contributed by atoms with Crippen molar-refractivity contribution in [3.8, 4) is 0 Å². The largest absolute Gasteiger partial charge is 0.421 e. The fourth-order valence-corrected chi connectivity index (χ4v) is 3.25. The Hall–Kier alpha value is -3.54. The number of rotatable bonds is 8. The number of alkyl halides is 3. The summed E-state index contributed by atoms with van der Waals surface area (Å²) in [5.41, 5.74) is 0.553. The predicted octanol–water partition coefficient (Wildman–Crippen LogP) is 4.32. The lowest BCUT2D eigenvalue weighted by molar-refractivity contribution is -0.137. The van der Waals surface area contributed by atoms with Crippen molar-refractivity contribution < 1.29 is 18.0 Å². The SMILES string of the molecule is CNC(=O)c1cccc(Nc2ncc(C(F)(F)F)c(NCc3cccnc3N(C)SC)n2)c1. The summed E-state index contributed by atoms with van der Waals surface area (Å²) in [7, 11) is 3.32. The van der Waals surface area contributed by atoms with Gasteiger partial charge in [0.1, 0.15) is 17.2 Å². The summed E-state index contributed by atoms with van der Waals surface area (Å²) in [6.45, 7) is 0.0692. The summed E-state index contributed by atoms with van der Waals surface area (Å²) in [5.74, 6) is -0.0856. The van der Waals surface area contributed by atoms with Gasteiger partial charge in [-0.15, -0.1) is 0 Å². The Balaban J connectivity index is 1.88. The smallest absolute Gasteiger partial charge is 0.365 e. The van der Waals surface area contributed by atoms with E-state index in [2.05, 4.69) is 30.9 Å². The first-order chi connectivity index (χ1) is 15.7. The van der Waals surface area contributed by atoms with Crippen LogP contribution in [-0.2, 0) is 12.7 Å². The van der Waals surface area contributed by atoms with Crippen molar-refractivity contribution in [3.05, 3.63) is 65.5 Å². The number of benzene rings is 1. The summed E-state index contributed by atoms with van der Waals surface area (Å²) < 4.78 is 42.5. The summed E-state index contributed by atoms with van der Waals surface area (Å²) in [4.78, 5) is 24.0. The molecule has 12 heteroatoms. The van der Waals surface area contributed by atoms with Crippen molar-refractivity contribution >= 4 is 41.1 Å². The Kier molecular flexibility index (Phi) is 7.59. The van der Waals surface area contributed by atoms with Crippen LogP contribution < -0.4 is 20.3 Å². The first-order valence-corrected chi connectivity index (χ1v) is 10.9. The van der Waals surface area contributed by atoms with Crippen LogP contribution in [0.15, 0.2) is 48.8 Å². The summed E-state index contributed by atoms with van der Waals surface area (Å²) in [6, 6.07) is 9.95. The molecule has 174 valence electrons. The maximum Gasteiger partial charge on any atom is 0.421 e. The molecular weight excluding hydrogens is 455 g/mol. The molecule has 2 aromatic heterocycles. The van der Waals surface area contributed by atoms with Gasteiger partial charge in [0.25, 0.3) is 5.91 Å². The number of anilines is 4. The molecule has 3 N–H and O–H groups in total. The molecule has 0 aliphatic heterocycles. The van der Waals surface area contributed by atoms with Crippen LogP contribution in [0.25, 0.3) is 0 Å². The molecule has 2 heterocycles. The highest BCUT2D eigenvalue weighted by atomic mass is 32.2. The second-order valence-corrected chi connectivity index (χ2v) is 7.67. The molecule has 0 spiro atoms. The van der Waals surface area contributed by atoms with E-state index in [0.29, 0.717) is 22.6 Å². The van der Waals surface area contributed by atoms with Gasteiger partial charge in [-0.1, -0.05) is 24.1 Å². The van der Waals surface area contributed by atoms with Gasteiger partial charge >= 0.3 is 6.18 Å². The molecule has 0 saturated carbocycles. The molecule has 0 bridgehead atoms. The lowest BCUT2D eigenvalue weighted by Crippen LogP contribution is -2.18. The first kappa shape index (κ1) is 24.1. The Bertz CT molecular complexity index is 1130. The molecule has 1 amide bonds. The maximum absolute atomic E-state index is 13.6. The maximum atomic E-state index is 13.6. The Labute approximate surface area is 193 Å². The lowest BCUT2D eigenvalue weighted by Gasteiger charge is -2.19. The van der Waals surface area contributed by atoms with Crippen molar-refractivity contribution in [3.63, 3.8) is 0 Å². The Morgan fingerprint density at radius 1 is 1.18 bits per heavy atom. The number of nitrogens with zero attached hydrogens (tertiary/aromatic N) is 4. The summed E-state index contributed by atoms with van der Waals surface area (Å²) in [5, 5.41) is 8.13. The number of hydrogen-bond acceptors (Lipinski definition) is 8. The standard InChI is InChI=1S/C21H22F3N7OS/c1-25-19(32)13-6-4-8-15(10-13)29-20-28-12-16(21(22,23)24)17(30-20)27-11-14-7-5-9-26-18(14)31(2)33-3/h4-10,12H,11H2,1-3H3,(H,25,32)(H2,27,28,29,30). The fraction of sp³-hybridized carbons (Fsp3) is 0.238. The van der Waals surface area contributed by atoms with E-state index in [0.717, 1.165) is 6.20 Å². The third-order valence-corrected chi connectivity index (χ3v) is 5.31. The van der Waals surface area contributed by atoms with Crippen LogP contribution in [0.2, 0.25) is 0 Å². The van der Waals surface area contributed by atoms with E-state index < -0.39 is 11.7 Å². The molecule has 3 aromatic rings. The van der Waals surface area contributed by atoms with Crippen LogP contribution in [-0.4, -0.2) is 41.2 Å². The number of carbonyl (C=O) groups excluding carboxylic acids is 1. The number of hydrogen-bond donors (Lipinski definition) is 3. The molecule has 0 aliphatic rings. The number of carbonyl (C=O) groups is 1. The highest BCUT2D eigenvalue weighted by Crippen LogP contribution is 2.34. The number of amides is 1. The lowest BCUT2D eigenvalue weighted by atomic mass is 10.2. The van der Waals surface area contributed by atoms with Gasteiger partial charge in [0.15, 0.2) is 0 Å². The van der Waals surface area contributed by atoms with Gasteiger partial charge in [-0.2, -0.15) is 18.2 Å². The van der Waals surface area contributed by atoms with Crippen molar-refractivity contribution in [2.45, 2.75) is 12.7 Å². The molecule has 0 atom stereocenters. The minimum Gasteiger partial charge on any atom is -0.365 e. The van der Waals surface area contributed by atoms with E-state index in [1.807, 2.05) is 17.6 Å². The zero-order chi connectivity index (χ0) is 24.0. The van der Waals surface area contributed by atoms with Crippen molar-refractivity contribution in [2.24, 2.45) is 0 Å². The monoisotopic (exact) mass is 477 g/mol. The quantitative estimate of drug-likeness (QED) is 0.413. The molecular formula is C21H22F3N7OS. The van der Waals surface area contributed by atoms with Crippen LogP contribution in [0.5, 0.6) is 0 Å². The van der Waals surface area contributed by atoms with Crippen molar-refractivity contribution in [1.82, 2.24) is 20.3 Å². The van der Waals surface area contributed by atoms with Crippen LogP contribution in [0, 0.1) is 0 Å². The zero-order valence-electron chi connectivity index (χ0n) is 18.1. The number of pyridine rings is 1. The van der Waals surface area contributed by atoms with Gasteiger partial charge in [0, 0.05) is 56.1 Å². The van der Waals surface area contributed by atoms with Crippen LogP contribution in [0.1, 0.15) is 21.5 Å². The van der Waals surface area contributed by atoms with E-state index in [4.69, 9.17) is 0 Å². The van der Waals surface area contributed by atoms with Crippen LogP contribution >= 0.6 is 11.9 Å². The molecule has 0 fully saturated rings. The van der Waals surface area contributed by atoms with E-state index in [-0.39, 0.29) is 24.2 Å². The summed E-state index contributed by atoms with van der Waals surface area (Å²) >= 11 is 1.43. The highest BCUT2D eigenvalue weighted by molar-refractivity contribution is 7.99. The number of aromatic nitrogens is 3. The second kappa shape index (κ2) is 10.4. The third-order valence-electron chi connectivity index (χ3n) is 4.59. The average Bonchev–Trinajstić information content (AvgIpc) is 2.81. The minimum absolute atomic E-state index is 0.0489. The van der Waals surface area contributed by atoms with Crippen LogP contribution in [0.4, 0.5) is 36.4 Å². The predicted molar refractivity (Wildman–Crippen MR) is 124 cm³/mol. The van der Waals surface area contributed by atoms with E-state index in [9.17, 15) is 18.0 Å². The molecule has 8 nitrogen and oxygen atoms in total. The fourth-order valence-electron chi connectivity index (χ4n) is 2.91. The molecule has 0 radical (unpaired) electrons. The topological polar surface area (TPSA) is 95.1 Å². The normalized spacial score (nSPS) is 11.1. The van der Waals surface area contributed by atoms with E-state index in [1.54, 1.807) is 42.6 Å². The van der Waals surface area contributed by atoms with Gasteiger partial charge < -0.3 is 20.3 Å². The third kappa shape index (κ3) is 6.04. The Morgan fingerprint density at radius 3 is 2.67 bits per heavy atom. The molecule has 0 saturated heterocycles. The zero-order valence-corrected chi connectivity index (χ0v) is 18.9. The molecule has 33 heavy (non-hydrogen) atoms. The van der Waals surface area contributed by atoms with Gasteiger partial charge in [0.05, 0.1) is 0 Å². The van der Waals surface area contributed by atoms with Crippen molar-refractivity contribution in [2.75, 3.05) is 35.3 Å². The minimum atomic E-state index is -4.65. The average molecular weight is 478 g/mol. The number of halogens is 3. The van der Waals surface area contributed by atoms with E-state index in [1.165, 1.54) is 19.0 Å². The molecule has 0 aliphatic carbocycles. The first-order valence-electron chi connectivity index (χ1n) is 9.72. The summed E-state index contributed by atoms with van der Waals surface area (Å²) in [6.07, 6.45) is -0.437. The highest BCUT2D eigenvalue weighted by Gasteiger charge is 2.35. The molecule has 0 unspecified atom stereocenters. The van der Waals surface area contributed by atoms with Crippen molar-refractivity contribution in [1.29, 1.82) is 0 Å². The van der Waals surface area contributed by atoms with Gasteiger partial charge in [0.2, 0.25) is 5.95 Å². The molecule has 1 aromatic carbocycles. The second-order valence-electron chi connectivity index (χ2n) is 6.76.